The third-order valence-electron chi connectivity index (χ3n) is 3.51. The Labute approximate surface area is 147 Å². The van der Waals surface area contributed by atoms with Crippen LogP contribution in [0.3, 0.4) is 0 Å². The minimum absolute atomic E-state index is 0.101. The molecule has 0 aliphatic heterocycles. The van der Waals surface area contributed by atoms with Crippen molar-refractivity contribution >= 4 is 5.91 Å². The average molecular weight is 339 g/mol. The number of carbonyl (C=O) groups excluding carboxylic acids is 1. The van der Waals surface area contributed by atoms with Gasteiger partial charge in [0.05, 0.1) is 34.3 Å². The molecule has 0 unspecified atom stereocenters. The van der Waals surface area contributed by atoms with Crippen LogP contribution in [0.4, 0.5) is 0 Å². The van der Waals surface area contributed by atoms with Crippen LogP contribution in [0.15, 0.2) is 42.5 Å². The molecule has 0 heterocycles. The Bertz CT molecular complexity index is 773. The first kappa shape index (κ1) is 18.2. The molecule has 0 spiro atoms. The summed E-state index contributed by atoms with van der Waals surface area (Å²) in [7, 11) is 4.76. The minimum Gasteiger partial charge on any atom is -0.497 e. The van der Waals surface area contributed by atoms with E-state index in [9.17, 15) is 4.79 Å². The highest BCUT2D eigenvalue weighted by molar-refractivity contribution is 5.79. The number of hydrogen-bond acceptors (Lipinski definition) is 4. The van der Waals surface area contributed by atoms with Crippen LogP contribution >= 0.6 is 0 Å². The molecule has 5 heteroatoms. The second-order valence-electron chi connectivity index (χ2n) is 5.17. The zero-order chi connectivity index (χ0) is 18.1. The third-order valence-corrected chi connectivity index (χ3v) is 3.51. The van der Waals surface area contributed by atoms with Crippen molar-refractivity contribution in [1.29, 1.82) is 0 Å². The van der Waals surface area contributed by atoms with E-state index in [1.807, 2.05) is 30.3 Å². The summed E-state index contributed by atoms with van der Waals surface area (Å²) >= 11 is 0. The lowest BCUT2D eigenvalue weighted by Gasteiger charge is -2.09. The summed E-state index contributed by atoms with van der Waals surface area (Å²) in [5.41, 5.74) is 1.72. The van der Waals surface area contributed by atoms with Gasteiger partial charge in [0.25, 0.3) is 0 Å². The Hall–Kier alpha value is -3.13. The van der Waals surface area contributed by atoms with E-state index in [4.69, 9.17) is 14.2 Å². The van der Waals surface area contributed by atoms with E-state index < -0.39 is 0 Å². The fraction of sp³-hybridized carbons (Fsp3) is 0.250. The third kappa shape index (κ3) is 5.47. The van der Waals surface area contributed by atoms with Gasteiger partial charge in [0.15, 0.2) is 11.5 Å². The molecule has 0 aliphatic carbocycles. The van der Waals surface area contributed by atoms with Crippen molar-refractivity contribution in [1.82, 2.24) is 5.32 Å². The van der Waals surface area contributed by atoms with Crippen molar-refractivity contribution in [2.45, 2.75) is 6.42 Å². The van der Waals surface area contributed by atoms with Crippen LogP contribution in [0.5, 0.6) is 17.2 Å². The SMILES string of the molecule is COc1ccc(C#CCNC(=O)Cc2ccc(OC)c(OC)c2)cc1. The quantitative estimate of drug-likeness (QED) is 0.821. The first-order chi connectivity index (χ1) is 12.2. The molecule has 1 amide bonds. The second-order valence-corrected chi connectivity index (χ2v) is 5.17. The topological polar surface area (TPSA) is 56.8 Å². The van der Waals surface area contributed by atoms with Gasteiger partial charge in [0.2, 0.25) is 5.91 Å². The van der Waals surface area contributed by atoms with Crippen LogP contribution in [0.2, 0.25) is 0 Å². The smallest absolute Gasteiger partial charge is 0.225 e. The van der Waals surface area contributed by atoms with Crippen molar-refractivity contribution in [3.8, 4) is 29.1 Å². The summed E-state index contributed by atoms with van der Waals surface area (Å²) in [5, 5.41) is 2.78. The predicted molar refractivity (Wildman–Crippen MR) is 96.1 cm³/mol. The van der Waals surface area contributed by atoms with Crippen molar-refractivity contribution in [2.24, 2.45) is 0 Å². The van der Waals surface area contributed by atoms with Gasteiger partial charge in [-0.25, -0.2) is 0 Å². The number of benzene rings is 2. The molecular formula is C20H21NO4. The molecule has 0 aromatic heterocycles. The maximum atomic E-state index is 12.0. The maximum Gasteiger partial charge on any atom is 0.225 e. The van der Waals surface area contributed by atoms with Crippen molar-refractivity contribution < 1.29 is 19.0 Å². The molecule has 1 N–H and O–H groups in total. The molecule has 0 fully saturated rings. The first-order valence-corrected chi connectivity index (χ1v) is 7.76. The summed E-state index contributed by atoms with van der Waals surface area (Å²) in [6, 6.07) is 12.9. The van der Waals surface area contributed by atoms with Crippen molar-refractivity contribution in [2.75, 3.05) is 27.9 Å². The number of hydrogen-bond donors (Lipinski definition) is 1. The van der Waals surface area contributed by atoms with E-state index in [1.165, 1.54) is 0 Å². The predicted octanol–water partition coefficient (Wildman–Crippen LogP) is 2.42. The molecule has 5 nitrogen and oxygen atoms in total. The Morgan fingerprint density at radius 2 is 1.68 bits per heavy atom. The van der Waals surface area contributed by atoms with E-state index in [0.29, 0.717) is 11.5 Å². The van der Waals surface area contributed by atoms with Crippen LogP contribution in [0, 0.1) is 11.8 Å². The lowest BCUT2D eigenvalue weighted by molar-refractivity contribution is -0.120. The number of nitrogens with one attached hydrogen (secondary N) is 1. The Morgan fingerprint density at radius 3 is 2.32 bits per heavy atom. The number of carbonyl (C=O) groups is 1. The minimum atomic E-state index is -0.101. The van der Waals surface area contributed by atoms with Gasteiger partial charge in [0.1, 0.15) is 5.75 Å². The van der Waals surface area contributed by atoms with Gasteiger partial charge in [-0.1, -0.05) is 17.9 Å². The normalized spacial score (nSPS) is 9.56. The molecule has 2 rings (SSSR count). The fourth-order valence-corrected chi connectivity index (χ4v) is 2.20. The lowest BCUT2D eigenvalue weighted by atomic mass is 10.1. The van der Waals surface area contributed by atoms with E-state index in [0.717, 1.165) is 16.9 Å². The monoisotopic (exact) mass is 339 g/mol. The molecule has 130 valence electrons. The number of rotatable bonds is 6. The van der Waals surface area contributed by atoms with Gasteiger partial charge in [0, 0.05) is 5.56 Å². The van der Waals surface area contributed by atoms with E-state index in [-0.39, 0.29) is 18.9 Å². The highest BCUT2D eigenvalue weighted by atomic mass is 16.5. The van der Waals surface area contributed by atoms with Crippen LogP contribution < -0.4 is 19.5 Å². The maximum absolute atomic E-state index is 12.0. The van der Waals surface area contributed by atoms with E-state index in [1.54, 1.807) is 33.5 Å². The molecular weight excluding hydrogens is 318 g/mol. The van der Waals surface area contributed by atoms with E-state index >= 15 is 0 Å². The first-order valence-electron chi connectivity index (χ1n) is 7.76. The molecule has 0 bridgehead atoms. The van der Waals surface area contributed by atoms with Crippen molar-refractivity contribution in [3.63, 3.8) is 0 Å². The summed E-state index contributed by atoms with van der Waals surface area (Å²) in [6.45, 7) is 0.290. The average Bonchev–Trinajstić information content (AvgIpc) is 2.65. The van der Waals surface area contributed by atoms with Crippen LogP contribution in [0.1, 0.15) is 11.1 Å². The molecule has 0 saturated carbocycles. The fourth-order valence-electron chi connectivity index (χ4n) is 2.20. The van der Waals surface area contributed by atoms with Gasteiger partial charge in [-0.2, -0.15) is 0 Å². The zero-order valence-corrected chi connectivity index (χ0v) is 14.6. The van der Waals surface area contributed by atoms with Gasteiger partial charge in [-0.05, 0) is 42.0 Å². The summed E-state index contributed by atoms with van der Waals surface area (Å²) < 4.78 is 15.5. The molecule has 0 saturated heterocycles. The van der Waals surface area contributed by atoms with Gasteiger partial charge >= 0.3 is 0 Å². The van der Waals surface area contributed by atoms with Crippen LogP contribution in [-0.4, -0.2) is 33.8 Å². The Kier molecular flexibility index (Phi) is 6.73. The lowest BCUT2D eigenvalue weighted by Crippen LogP contribution is -2.25. The molecule has 25 heavy (non-hydrogen) atoms. The molecule has 0 radical (unpaired) electrons. The summed E-state index contributed by atoms with van der Waals surface area (Å²) in [5.74, 6) is 7.85. The van der Waals surface area contributed by atoms with Crippen LogP contribution in [-0.2, 0) is 11.2 Å². The van der Waals surface area contributed by atoms with Crippen LogP contribution in [0.25, 0.3) is 0 Å². The largest absolute Gasteiger partial charge is 0.497 e. The molecule has 2 aromatic rings. The molecule has 0 aliphatic rings. The van der Waals surface area contributed by atoms with Gasteiger partial charge < -0.3 is 19.5 Å². The van der Waals surface area contributed by atoms with Crippen molar-refractivity contribution in [3.05, 3.63) is 53.6 Å². The van der Waals surface area contributed by atoms with Gasteiger partial charge in [-0.3, -0.25) is 4.79 Å². The molecule has 2 aromatic carbocycles. The Balaban J connectivity index is 1.85. The second kappa shape index (κ2) is 9.24. The standard InChI is InChI=1S/C20H21NO4/c1-23-17-9-6-15(7-10-17)5-4-12-21-20(22)14-16-8-11-18(24-2)19(13-16)25-3/h6-11,13H,12,14H2,1-3H3,(H,21,22). The molecule has 0 atom stereocenters. The number of ether oxygens (including phenoxy) is 3. The van der Waals surface area contributed by atoms with E-state index in [2.05, 4.69) is 17.2 Å². The Morgan fingerprint density at radius 1 is 0.960 bits per heavy atom. The summed E-state index contributed by atoms with van der Waals surface area (Å²) in [6.07, 6.45) is 0.255. The summed E-state index contributed by atoms with van der Waals surface area (Å²) in [4.78, 5) is 12.0. The van der Waals surface area contributed by atoms with Gasteiger partial charge in [-0.15, -0.1) is 0 Å². The highest BCUT2D eigenvalue weighted by Crippen LogP contribution is 2.27. The number of methoxy groups -OCH3 is 3. The number of amides is 1. The zero-order valence-electron chi connectivity index (χ0n) is 14.6. The highest BCUT2D eigenvalue weighted by Gasteiger charge is 2.07.